The molecule has 2 rings (SSSR count). The van der Waals surface area contributed by atoms with Gasteiger partial charge < -0.3 is 20.0 Å². The zero-order valence-corrected chi connectivity index (χ0v) is 9.22. The summed E-state index contributed by atoms with van der Waals surface area (Å²) in [5.41, 5.74) is 5.39. The molecule has 88 valence electrons. The Balaban J connectivity index is 2.03. The Morgan fingerprint density at radius 3 is 2.94 bits per heavy atom. The van der Waals surface area contributed by atoms with Crippen LogP contribution in [0.2, 0.25) is 0 Å². The number of amides is 1. The molecule has 0 aromatic carbocycles. The van der Waals surface area contributed by atoms with Gasteiger partial charge in [-0.1, -0.05) is 5.10 Å². The topological polar surface area (TPSA) is 88.5 Å². The van der Waals surface area contributed by atoms with Crippen LogP contribution in [0, 0.1) is 0 Å². The highest BCUT2D eigenvalue weighted by molar-refractivity contribution is 5.81. The van der Waals surface area contributed by atoms with E-state index in [-0.39, 0.29) is 5.91 Å². The first kappa shape index (κ1) is 10.9. The minimum atomic E-state index is 0.0600. The average Bonchev–Trinajstić information content (AvgIpc) is 2.71. The van der Waals surface area contributed by atoms with Crippen LogP contribution in [0.1, 0.15) is 5.89 Å². The van der Waals surface area contributed by atoms with Crippen LogP contribution in [0.4, 0.5) is 6.01 Å². The largest absolute Gasteiger partial charge is 0.408 e. The molecule has 1 aliphatic heterocycles. The summed E-state index contributed by atoms with van der Waals surface area (Å²) >= 11 is 0. The molecular formula is C9H15N5O2. The van der Waals surface area contributed by atoms with Crippen molar-refractivity contribution in [1.82, 2.24) is 15.1 Å². The highest BCUT2D eigenvalue weighted by Crippen LogP contribution is 2.14. The average molecular weight is 225 g/mol. The van der Waals surface area contributed by atoms with Crippen LogP contribution in [-0.4, -0.2) is 54.2 Å². The second kappa shape index (κ2) is 4.48. The molecular weight excluding hydrogens is 210 g/mol. The predicted octanol–water partition coefficient (Wildman–Crippen LogP) is -1.15. The molecule has 1 amide bonds. The van der Waals surface area contributed by atoms with Crippen molar-refractivity contribution in [2.75, 3.05) is 38.1 Å². The summed E-state index contributed by atoms with van der Waals surface area (Å²) in [4.78, 5) is 15.0. The predicted molar refractivity (Wildman–Crippen MR) is 56.9 cm³/mol. The summed E-state index contributed by atoms with van der Waals surface area (Å²) in [5, 5.41) is 7.76. The number of aromatic nitrogens is 2. The van der Waals surface area contributed by atoms with Crippen molar-refractivity contribution in [3.63, 3.8) is 0 Å². The molecule has 0 spiro atoms. The van der Waals surface area contributed by atoms with Gasteiger partial charge in [-0.05, 0) is 0 Å². The van der Waals surface area contributed by atoms with Crippen molar-refractivity contribution in [2.45, 2.75) is 6.42 Å². The maximum Gasteiger partial charge on any atom is 0.318 e. The Bertz CT molecular complexity index is 378. The number of nitrogens with two attached hydrogens (primary N) is 1. The van der Waals surface area contributed by atoms with E-state index < -0.39 is 0 Å². The van der Waals surface area contributed by atoms with Gasteiger partial charge in [0.1, 0.15) is 6.54 Å². The van der Waals surface area contributed by atoms with E-state index >= 15 is 0 Å². The molecule has 1 saturated heterocycles. The lowest BCUT2D eigenvalue weighted by atomic mass is 10.3. The van der Waals surface area contributed by atoms with Gasteiger partial charge in [0.2, 0.25) is 11.8 Å². The quantitative estimate of drug-likeness (QED) is 0.698. The molecule has 16 heavy (non-hydrogen) atoms. The zero-order valence-electron chi connectivity index (χ0n) is 9.22. The summed E-state index contributed by atoms with van der Waals surface area (Å²) in [6, 6.07) is 0.407. The van der Waals surface area contributed by atoms with Gasteiger partial charge in [-0.15, -0.1) is 5.10 Å². The molecule has 0 bridgehead atoms. The molecule has 7 nitrogen and oxygen atoms in total. The van der Waals surface area contributed by atoms with Gasteiger partial charge in [0, 0.05) is 33.1 Å². The van der Waals surface area contributed by atoms with E-state index in [2.05, 4.69) is 10.2 Å². The van der Waals surface area contributed by atoms with Crippen molar-refractivity contribution < 1.29 is 9.21 Å². The second-order valence-electron chi connectivity index (χ2n) is 3.75. The summed E-state index contributed by atoms with van der Waals surface area (Å²) in [6.07, 6.45) is 0.564. The fourth-order valence-electron chi connectivity index (χ4n) is 1.52. The van der Waals surface area contributed by atoms with Crippen LogP contribution in [0.15, 0.2) is 4.42 Å². The molecule has 7 heteroatoms. The van der Waals surface area contributed by atoms with Gasteiger partial charge in [0.15, 0.2) is 0 Å². The van der Waals surface area contributed by atoms with Gasteiger partial charge in [0.05, 0.1) is 0 Å². The lowest BCUT2D eigenvalue weighted by Gasteiger charge is -2.30. The number of carbonyl (C=O) groups is 1. The first-order chi connectivity index (χ1) is 7.70. The number of hydrogen-bond acceptors (Lipinski definition) is 6. The van der Waals surface area contributed by atoms with Crippen LogP contribution < -0.4 is 10.6 Å². The summed E-state index contributed by atoms with van der Waals surface area (Å²) in [5.74, 6) is 0.578. The first-order valence-corrected chi connectivity index (χ1v) is 5.22. The number of piperazine rings is 1. The van der Waals surface area contributed by atoms with Crippen molar-refractivity contribution in [3.05, 3.63) is 5.89 Å². The molecule has 1 aromatic heterocycles. The highest BCUT2D eigenvalue weighted by atomic mass is 16.4. The molecule has 0 saturated carbocycles. The monoisotopic (exact) mass is 225 g/mol. The number of rotatable bonds is 3. The Hall–Kier alpha value is -1.63. The van der Waals surface area contributed by atoms with E-state index in [0.29, 0.717) is 44.5 Å². The molecule has 1 fully saturated rings. The smallest absolute Gasteiger partial charge is 0.318 e. The maximum absolute atomic E-state index is 11.5. The molecule has 1 aromatic rings. The van der Waals surface area contributed by atoms with E-state index in [0.717, 1.165) is 0 Å². The van der Waals surface area contributed by atoms with Crippen LogP contribution in [0.25, 0.3) is 0 Å². The molecule has 0 aliphatic carbocycles. The highest BCUT2D eigenvalue weighted by Gasteiger charge is 2.24. The molecule has 0 unspecified atom stereocenters. The SMILES string of the molecule is CN1CCN(c2nnc(CCN)o2)CC1=O. The number of nitrogens with zero attached hydrogens (tertiary/aromatic N) is 4. The van der Waals surface area contributed by atoms with E-state index in [1.807, 2.05) is 0 Å². The van der Waals surface area contributed by atoms with Crippen molar-refractivity contribution >= 4 is 11.9 Å². The Labute approximate surface area is 93.2 Å². The fraction of sp³-hybridized carbons (Fsp3) is 0.667. The summed E-state index contributed by atoms with van der Waals surface area (Å²) in [6.45, 7) is 2.16. The third-order valence-corrected chi connectivity index (χ3v) is 2.54. The minimum Gasteiger partial charge on any atom is -0.408 e. The van der Waals surface area contributed by atoms with Crippen LogP contribution in [-0.2, 0) is 11.2 Å². The third-order valence-electron chi connectivity index (χ3n) is 2.54. The van der Waals surface area contributed by atoms with E-state index in [1.165, 1.54) is 0 Å². The van der Waals surface area contributed by atoms with Gasteiger partial charge in [0.25, 0.3) is 0 Å². The number of anilines is 1. The number of likely N-dealkylation sites (N-methyl/N-ethyl adjacent to an activating group) is 1. The molecule has 1 aliphatic rings. The lowest BCUT2D eigenvalue weighted by molar-refractivity contribution is -0.129. The third kappa shape index (κ3) is 2.13. The van der Waals surface area contributed by atoms with Gasteiger partial charge >= 0.3 is 6.01 Å². The van der Waals surface area contributed by atoms with E-state index in [9.17, 15) is 4.79 Å². The minimum absolute atomic E-state index is 0.0600. The Morgan fingerprint density at radius 1 is 1.44 bits per heavy atom. The number of carbonyl (C=O) groups excluding carboxylic acids is 1. The van der Waals surface area contributed by atoms with Gasteiger partial charge in [-0.2, -0.15) is 0 Å². The maximum atomic E-state index is 11.5. The molecule has 0 atom stereocenters. The van der Waals surface area contributed by atoms with Gasteiger partial charge in [-0.25, -0.2) is 0 Å². The standard InChI is InChI=1S/C9H15N5O2/c1-13-4-5-14(6-8(13)15)9-12-11-7(16-9)2-3-10/h2-6,10H2,1H3. The normalized spacial score (nSPS) is 17.0. The molecule has 2 N–H and O–H groups in total. The van der Waals surface area contributed by atoms with Crippen molar-refractivity contribution in [3.8, 4) is 0 Å². The van der Waals surface area contributed by atoms with E-state index in [4.69, 9.17) is 10.2 Å². The fourth-order valence-corrected chi connectivity index (χ4v) is 1.52. The first-order valence-electron chi connectivity index (χ1n) is 5.22. The zero-order chi connectivity index (χ0) is 11.5. The van der Waals surface area contributed by atoms with Crippen LogP contribution in [0.3, 0.4) is 0 Å². The Kier molecular flexibility index (Phi) is 3.04. The summed E-state index contributed by atoms with van der Waals surface area (Å²) < 4.78 is 5.40. The summed E-state index contributed by atoms with van der Waals surface area (Å²) in [7, 11) is 1.79. The van der Waals surface area contributed by atoms with Crippen LogP contribution in [0.5, 0.6) is 0 Å². The van der Waals surface area contributed by atoms with E-state index in [1.54, 1.807) is 16.8 Å². The Morgan fingerprint density at radius 2 is 2.25 bits per heavy atom. The van der Waals surface area contributed by atoms with Crippen molar-refractivity contribution in [1.29, 1.82) is 0 Å². The van der Waals surface area contributed by atoms with Crippen LogP contribution >= 0.6 is 0 Å². The lowest BCUT2D eigenvalue weighted by Crippen LogP contribution is -2.48. The molecule has 0 radical (unpaired) electrons. The second-order valence-corrected chi connectivity index (χ2v) is 3.75. The molecule has 2 heterocycles. The van der Waals surface area contributed by atoms with Crippen molar-refractivity contribution in [2.24, 2.45) is 5.73 Å². The van der Waals surface area contributed by atoms with Gasteiger partial charge in [-0.3, -0.25) is 4.79 Å². The number of hydrogen-bond donors (Lipinski definition) is 1.